The Balaban J connectivity index is 1.58. The minimum atomic E-state index is -0.466. The topological polar surface area (TPSA) is 60.7 Å². The van der Waals surface area contributed by atoms with Gasteiger partial charge in [-0.1, -0.05) is 0 Å². The fraction of sp³-hybridized carbons (Fsp3) is 0.471. The molecule has 22 heavy (non-hydrogen) atoms. The fourth-order valence-electron chi connectivity index (χ4n) is 3.58. The van der Waals surface area contributed by atoms with Crippen LogP contribution in [0.2, 0.25) is 0 Å². The lowest BCUT2D eigenvalue weighted by molar-refractivity contribution is 0.137. The smallest absolute Gasteiger partial charge is 0.379 e. The van der Waals surface area contributed by atoms with Crippen molar-refractivity contribution in [3.05, 3.63) is 34.7 Å². The van der Waals surface area contributed by atoms with Crippen molar-refractivity contribution in [3.63, 3.8) is 0 Å². The number of rotatable bonds is 3. The monoisotopic (exact) mass is 301 g/mol. The van der Waals surface area contributed by atoms with Crippen molar-refractivity contribution in [1.82, 2.24) is 5.32 Å². The third kappa shape index (κ3) is 2.46. The zero-order valence-electron chi connectivity index (χ0n) is 12.5. The Morgan fingerprint density at radius 1 is 1.18 bits per heavy atom. The van der Waals surface area contributed by atoms with Gasteiger partial charge in [0.15, 0.2) is 0 Å². The molecule has 0 spiro atoms. The Morgan fingerprint density at radius 2 is 1.95 bits per heavy atom. The molecule has 0 aliphatic carbocycles. The van der Waals surface area contributed by atoms with Crippen molar-refractivity contribution in [2.45, 2.75) is 43.9 Å². The molecule has 0 radical (unpaired) electrons. The molecule has 2 aliphatic heterocycles. The van der Waals surface area contributed by atoms with E-state index in [1.165, 1.54) is 20.0 Å². The lowest BCUT2D eigenvalue weighted by atomic mass is 10.0. The predicted octanol–water partition coefficient (Wildman–Crippen LogP) is 2.46. The predicted molar refractivity (Wildman–Crippen MR) is 82.6 cm³/mol. The highest BCUT2D eigenvalue weighted by Crippen LogP contribution is 2.30. The van der Waals surface area contributed by atoms with Crippen LogP contribution in [0.5, 0.6) is 11.5 Å². The van der Waals surface area contributed by atoms with E-state index >= 15 is 0 Å². The van der Waals surface area contributed by atoms with Gasteiger partial charge in [-0.2, -0.15) is 0 Å². The van der Waals surface area contributed by atoms with Gasteiger partial charge in [-0.05, 0) is 43.9 Å². The van der Waals surface area contributed by atoms with E-state index in [2.05, 4.69) is 5.32 Å². The summed E-state index contributed by atoms with van der Waals surface area (Å²) >= 11 is 0. The van der Waals surface area contributed by atoms with Gasteiger partial charge in [0.1, 0.15) is 17.4 Å². The summed E-state index contributed by atoms with van der Waals surface area (Å²) in [5.41, 5.74) is 0.0623. The maximum absolute atomic E-state index is 11.7. The van der Waals surface area contributed by atoms with Crippen molar-refractivity contribution in [2.75, 3.05) is 7.11 Å². The summed E-state index contributed by atoms with van der Waals surface area (Å²) < 4.78 is 16.4. The molecule has 116 valence electrons. The van der Waals surface area contributed by atoms with Crippen LogP contribution < -0.4 is 20.4 Å². The highest BCUT2D eigenvalue weighted by atomic mass is 16.5. The second kappa shape index (κ2) is 5.32. The second-order valence-corrected chi connectivity index (χ2v) is 6.15. The molecule has 5 nitrogen and oxygen atoms in total. The summed E-state index contributed by atoms with van der Waals surface area (Å²) in [4.78, 5) is 11.7. The molecule has 1 N–H and O–H groups in total. The van der Waals surface area contributed by atoms with Gasteiger partial charge in [0.2, 0.25) is 5.75 Å². The standard InChI is InChI=1S/C17H19NO4/c1-20-16-6-10-2-5-13(9-15(10)22-17(16)19)21-14-7-11-3-4-12(8-14)18-11/h2,5-6,9,11-12,14,18H,3-4,7-8H2,1H3. The third-order valence-electron chi connectivity index (χ3n) is 4.63. The molecule has 2 aliphatic rings. The molecule has 1 aromatic heterocycles. The van der Waals surface area contributed by atoms with Gasteiger partial charge < -0.3 is 19.2 Å². The van der Waals surface area contributed by atoms with Gasteiger partial charge in [-0.3, -0.25) is 0 Å². The SMILES string of the molecule is COc1cc2ccc(OC3CC4CCC(C3)N4)cc2oc1=O. The van der Waals surface area contributed by atoms with Crippen LogP contribution in [-0.2, 0) is 0 Å². The summed E-state index contributed by atoms with van der Waals surface area (Å²) in [6.45, 7) is 0. The van der Waals surface area contributed by atoms with Crippen LogP contribution in [0.25, 0.3) is 11.0 Å². The zero-order valence-corrected chi connectivity index (χ0v) is 12.5. The molecule has 2 fully saturated rings. The summed E-state index contributed by atoms with van der Waals surface area (Å²) in [6, 6.07) is 8.48. The van der Waals surface area contributed by atoms with Gasteiger partial charge in [-0.25, -0.2) is 4.79 Å². The number of benzene rings is 1. The zero-order chi connectivity index (χ0) is 15.1. The van der Waals surface area contributed by atoms with Crippen molar-refractivity contribution >= 4 is 11.0 Å². The Labute approximate surface area is 128 Å². The van der Waals surface area contributed by atoms with Gasteiger partial charge in [0.05, 0.1) is 7.11 Å². The van der Waals surface area contributed by atoms with E-state index in [0.29, 0.717) is 17.7 Å². The Hall–Kier alpha value is -2.01. The normalized spacial score (nSPS) is 27.0. The Bertz CT molecular complexity index is 742. The fourth-order valence-corrected chi connectivity index (χ4v) is 3.58. The van der Waals surface area contributed by atoms with Gasteiger partial charge in [-0.15, -0.1) is 0 Å². The molecule has 1 aromatic carbocycles. The average Bonchev–Trinajstić information content (AvgIpc) is 2.85. The highest BCUT2D eigenvalue weighted by Gasteiger charge is 2.34. The lowest BCUT2D eigenvalue weighted by Gasteiger charge is -2.29. The molecule has 2 atom stereocenters. The largest absolute Gasteiger partial charge is 0.490 e. The van der Waals surface area contributed by atoms with Crippen molar-refractivity contribution in [1.29, 1.82) is 0 Å². The molecule has 0 saturated carbocycles. The first kappa shape index (κ1) is 13.6. The van der Waals surface area contributed by atoms with Gasteiger partial charge >= 0.3 is 5.63 Å². The molecular formula is C17H19NO4. The molecule has 2 saturated heterocycles. The molecule has 2 bridgehead atoms. The van der Waals surface area contributed by atoms with Crippen LogP contribution >= 0.6 is 0 Å². The number of methoxy groups -OCH3 is 1. The van der Waals surface area contributed by atoms with Crippen molar-refractivity contribution < 1.29 is 13.9 Å². The summed E-state index contributed by atoms with van der Waals surface area (Å²) in [6.07, 6.45) is 4.82. The van der Waals surface area contributed by atoms with Crippen molar-refractivity contribution in [3.8, 4) is 11.5 Å². The number of nitrogens with one attached hydrogen (secondary N) is 1. The number of hydrogen-bond donors (Lipinski definition) is 1. The lowest BCUT2D eigenvalue weighted by Crippen LogP contribution is -2.42. The summed E-state index contributed by atoms with van der Waals surface area (Å²) in [7, 11) is 1.46. The van der Waals surface area contributed by atoms with E-state index in [1.807, 2.05) is 12.1 Å². The van der Waals surface area contributed by atoms with Crippen molar-refractivity contribution in [2.24, 2.45) is 0 Å². The van der Waals surface area contributed by atoms with E-state index < -0.39 is 5.63 Å². The number of fused-ring (bicyclic) bond motifs is 3. The van der Waals surface area contributed by atoms with Gasteiger partial charge in [0, 0.05) is 23.5 Å². The Morgan fingerprint density at radius 3 is 2.68 bits per heavy atom. The van der Waals surface area contributed by atoms with Crippen LogP contribution in [0.4, 0.5) is 0 Å². The van der Waals surface area contributed by atoms with E-state index in [0.717, 1.165) is 24.0 Å². The van der Waals surface area contributed by atoms with Crippen LogP contribution in [0.15, 0.2) is 33.5 Å². The number of piperidine rings is 1. The average molecular weight is 301 g/mol. The molecule has 2 aromatic rings. The van der Waals surface area contributed by atoms with E-state index in [-0.39, 0.29) is 11.9 Å². The summed E-state index contributed by atoms with van der Waals surface area (Å²) in [5, 5.41) is 4.43. The maximum atomic E-state index is 11.7. The highest BCUT2D eigenvalue weighted by molar-refractivity contribution is 5.79. The first-order chi connectivity index (χ1) is 10.7. The minimum Gasteiger partial charge on any atom is -0.490 e. The van der Waals surface area contributed by atoms with E-state index in [4.69, 9.17) is 13.9 Å². The molecule has 4 rings (SSSR count). The van der Waals surface area contributed by atoms with Crippen LogP contribution in [0.3, 0.4) is 0 Å². The molecule has 3 heterocycles. The maximum Gasteiger partial charge on any atom is 0.379 e. The minimum absolute atomic E-state index is 0.219. The van der Waals surface area contributed by atoms with E-state index in [1.54, 1.807) is 12.1 Å². The summed E-state index contributed by atoms with van der Waals surface area (Å²) in [5.74, 6) is 0.975. The van der Waals surface area contributed by atoms with Gasteiger partial charge in [0.25, 0.3) is 0 Å². The second-order valence-electron chi connectivity index (χ2n) is 6.15. The molecule has 5 heteroatoms. The van der Waals surface area contributed by atoms with E-state index in [9.17, 15) is 4.79 Å². The third-order valence-corrected chi connectivity index (χ3v) is 4.63. The number of hydrogen-bond acceptors (Lipinski definition) is 5. The first-order valence-electron chi connectivity index (χ1n) is 7.76. The van der Waals surface area contributed by atoms with Crippen LogP contribution in [0, 0.1) is 0 Å². The Kier molecular flexibility index (Phi) is 3.30. The molecule has 0 amide bonds. The number of ether oxygens (including phenoxy) is 2. The quantitative estimate of drug-likeness (QED) is 0.882. The van der Waals surface area contributed by atoms with Crippen LogP contribution in [-0.4, -0.2) is 25.3 Å². The van der Waals surface area contributed by atoms with Crippen LogP contribution in [0.1, 0.15) is 25.7 Å². The molecule has 2 unspecified atom stereocenters. The first-order valence-corrected chi connectivity index (χ1v) is 7.76. The molecular weight excluding hydrogens is 282 g/mol.